The van der Waals surface area contributed by atoms with Crippen LogP contribution in [0.25, 0.3) is 0 Å². The molecule has 5 heteroatoms. The Morgan fingerprint density at radius 3 is 2.53 bits per heavy atom. The molecule has 86 valence electrons. The molecule has 1 saturated carbocycles. The van der Waals surface area contributed by atoms with E-state index in [1.165, 1.54) is 0 Å². The van der Waals surface area contributed by atoms with Gasteiger partial charge in [-0.1, -0.05) is 6.92 Å². The Labute approximate surface area is 89.0 Å². The number of rotatable bonds is 6. The van der Waals surface area contributed by atoms with Gasteiger partial charge >= 0.3 is 5.97 Å². The number of hydrogen-bond acceptors (Lipinski definition) is 3. The van der Waals surface area contributed by atoms with Crippen LogP contribution in [0.3, 0.4) is 0 Å². The number of carboxylic acids is 1. The highest BCUT2D eigenvalue weighted by molar-refractivity contribution is 5.81. The summed E-state index contributed by atoms with van der Waals surface area (Å²) in [4.78, 5) is 22.1. The van der Waals surface area contributed by atoms with E-state index in [0.29, 0.717) is 12.8 Å². The second kappa shape index (κ2) is 4.61. The van der Waals surface area contributed by atoms with Crippen LogP contribution in [-0.2, 0) is 9.59 Å². The average Bonchev–Trinajstić information content (AvgIpc) is 2.95. The minimum Gasteiger partial charge on any atom is -0.481 e. The van der Waals surface area contributed by atoms with Gasteiger partial charge in [0.05, 0.1) is 5.41 Å². The molecule has 0 saturated heterocycles. The predicted octanol–water partition coefficient (Wildman–Crippen LogP) is 0.0948. The molecule has 5 nitrogen and oxygen atoms in total. The molecule has 0 aromatic heterocycles. The van der Waals surface area contributed by atoms with Crippen LogP contribution in [0, 0.1) is 5.41 Å². The summed E-state index contributed by atoms with van der Waals surface area (Å²) in [7, 11) is 0. The van der Waals surface area contributed by atoms with Gasteiger partial charge < -0.3 is 16.2 Å². The monoisotopic (exact) mass is 214 g/mol. The van der Waals surface area contributed by atoms with Crippen molar-refractivity contribution in [3.63, 3.8) is 0 Å². The minimum absolute atomic E-state index is 0.134. The van der Waals surface area contributed by atoms with E-state index in [1.807, 2.05) is 6.92 Å². The molecule has 1 unspecified atom stereocenters. The number of carbonyl (C=O) groups is 2. The molecular weight excluding hydrogens is 196 g/mol. The Bertz CT molecular complexity index is 261. The van der Waals surface area contributed by atoms with Crippen molar-refractivity contribution in [1.29, 1.82) is 0 Å². The predicted molar refractivity (Wildman–Crippen MR) is 55.2 cm³/mol. The molecule has 0 spiro atoms. The van der Waals surface area contributed by atoms with Gasteiger partial charge in [0.2, 0.25) is 5.91 Å². The fraction of sp³-hybridized carbons (Fsp3) is 0.800. The first-order valence-electron chi connectivity index (χ1n) is 5.26. The highest BCUT2D eigenvalue weighted by Crippen LogP contribution is 2.45. The number of aliphatic carboxylic acids is 1. The third-order valence-corrected chi connectivity index (χ3v) is 2.90. The molecule has 1 rings (SSSR count). The third kappa shape index (κ3) is 3.20. The van der Waals surface area contributed by atoms with Crippen LogP contribution in [0.2, 0.25) is 0 Å². The number of carboxylic acid groups (broad SMARTS) is 1. The number of hydrogen-bond donors (Lipinski definition) is 3. The Kier molecular flexibility index (Phi) is 3.68. The van der Waals surface area contributed by atoms with Crippen molar-refractivity contribution >= 4 is 11.9 Å². The fourth-order valence-corrected chi connectivity index (χ4v) is 1.34. The fourth-order valence-electron chi connectivity index (χ4n) is 1.34. The Morgan fingerprint density at radius 2 is 2.13 bits per heavy atom. The molecular formula is C10H18N2O3. The van der Waals surface area contributed by atoms with Crippen LogP contribution in [0.1, 0.15) is 32.6 Å². The van der Waals surface area contributed by atoms with Crippen molar-refractivity contribution in [2.75, 3.05) is 6.54 Å². The number of nitrogens with one attached hydrogen (secondary N) is 1. The first-order chi connectivity index (χ1) is 7.00. The van der Waals surface area contributed by atoms with E-state index in [1.54, 1.807) is 0 Å². The lowest BCUT2D eigenvalue weighted by Gasteiger charge is -2.12. The lowest BCUT2D eigenvalue weighted by Crippen LogP contribution is -2.37. The topological polar surface area (TPSA) is 92.4 Å². The number of nitrogens with two attached hydrogens (primary N) is 1. The zero-order valence-electron chi connectivity index (χ0n) is 8.95. The van der Waals surface area contributed by atoms with Gasteiger partial charge in [0, 0.05) is 19.0 Å². The Balaban J connectivity index is 2.26. The summed E-state index contributed by atoms with van der Waals surface area (Å²) in [5.41, 5.74) is 4.92. The highest BCUT2D eigenvalue weighted by Gasteiger charge is 2.50. The smallest absolute Gasteiger partial charge is 0.311 e. The van der Waals surface area contributed by atoms with Gasteiger partial charge in [-0.3, -0.25) is 9.59 Å². The molecule has 0 aliphatic heterocycles. The highest BCUT2D eigenvalue weighted by atomic mass is 16.4. The largest absolute Gasteiger partial charge is 0.481 e. The maximum absolute atomic E-state index is 11.3. The van der Waals surface area contributed by atoms with Crippen LogP contribution in [0.4, 0.5) is 0 Å². The SMILES string of the molecule is CCC(N)CC(=O)NCC1(C(=O)O)CC1. The maximum Gasteiger partial charge on any atom is 0.311 e. The van der Waals surface area contributed by atoms with E-state index >= 15 is 0 Å². The van der Waals surface area contributed by atoms with Crippen LogP contribution in [0.5, 0.6) is 0 Å². The van der Waals surface area contributed by atoms with Gasteiger partial charge in [-0.2, -0.15) is 0 Å². The van der Waals surface area contributed by atoms with E-state index in [0.717, 1.165) is 6.42 Å². The summed E-state index contributed by atoms with van der Waals surface area (Å²) >= 11 is 0. The second-order valence-electron chi connectivity index (χ2n) is 4.23. The van der Waals surface area contributed by atoms with E-state index in [2.05, 4.69) is 5.32 Å². The summed E-state index contributed by atoms with van der Waals surface area (Å²) in [5.74, 6) is -0.973. The molecule has 1 aliphatic rings. The number of carbonyl (C=O) groups excluding carboxylic acids is 1. The van der Waals surface area contributed by atoms with E-state index in [-0.39, 0.29) is 24.9 Å². The lowest BCUT2D eigenvalue weighted by molar-refractivity contribution is -0.143. The van der Waals surface area contributed by atoms with Gasteiger partial charge in [0.25, 0.3) is 0 Å². The first-order valence-corrected chi connectivity index (χ1v) is 5.26. The summed E-state index contributed by atoms with van der Waals surface area (Å²) in [6.45, 7) is 2.15. The average molecular weight is 214 g/mol. The van der Waals surface area contributed by atoms with Crippen LogP contribution < -0.4 is 11.1 Å². The zero-order chi connectivity index (χ0) is 11.5. The molecule has 0 heterocycles. The molecule has 0 radical (unpaired) electrons. The van der Waals surface area contributed by atoms with E-state index < -0.39 is 11.4 Å². The molecule has 0 bridgehead atoms. The van der Waals surface area contributed by atoms with Crippen LogP contribution >= 0.6 is 0 Å². The summed E-state index contributed by atoms with van der Waals surface area (Å²) in [5, 5.41) is 11.5. The van der Waals surface area contributed by atoms with Gasteiger partial charge in [0.1, 0.15) is 0 Å². The standard InChI is InChI=1S/C10H18N2O3/c1-2-7(11)5-8(13)12-6-10(3-4-10)9(14)15/h7H,2-6,11H2,1H3,(H,12,13)(H,14,15). The van der Waals surface area contributed by atoms with Gasteiger partial charge in [-0.15, -0.1) is 0 Å². The van der Waals surface area contributed by atoms with E-state index in [4.69, 9.17) is 10.8 Å². The van der Waals surface area contributed by atoms with Crippen molar-refractivity contribution in [1.82, 2.24) is 5.32 Å². The van der Waals surface area contributed by atoms with Crippen LogP contribution in [-0.4, -0.2) is 29.6 Å². The van der Waals surface area contributed by atoms with Crippen molar-refractivity contribution < 1.29 is 14.7 Å². The molecule has 1 amide bonds. The number of amides is 1. The van der Waals surface area contributed by atoms with Crippen LogP contribution in [0.15, 0.2) is 0 Å². The molecule has 1 fully saturated rings. The maximum atomic E-state index is 11.3. The third-order valence-electron chi connectivity index (χ3n) is 2.90. The van der Waals surface area contributed by atoms with Crippen molar-refractivity contribution in [3.8, 4) is 0 Å². The second-order valence-corrected chi connectivity index (χ2v) is 4.23. The molecule has 1 aliphatic carbocycles. The van der Waals surface area contributed by atoms with Gasteiger partial charge in [-0.25, -0.2) is 0 Å². The van der Waals surface area contributed by atoms with E-state index in [9.17, 15) is 9.59 Å². The Morgan fingerprint density at radius 1 is 1.53 bits per heavy atom. The molecule has 15 heavy (non-hydrogen) atoms. The lowest BCUT2D eigenvalue weighted by atomic mass is 10.1. The van der Waals surface area contributed by atoms with Gasteiger partial charge in [0.15, 0.2) is 0 Å². The van der Waals surface area contributed by atoms with Crippen molar-refractivity contribution in [2.24, 2.45) is 11.1 Å². The molecule has 4 N–H and O–H groups in total. The summed E-state index contributed by atoms with van der Waals surface area (Å²) in [6, 6.07) is -0.134. The molecule has 1 atom stereocenters. The molecule has 0 aromatic rings. The quantitative estimate of drug-likeness (QED) is 0.584. The van der Waals surface area contributed by atoms with Gasteiger partial charge in [-0.05, 0) is 19.3 Å². The summed E-state index contributed by atoms with van der Waals surface area (Å²) < 4.78 is 0. The van der Waals surface area contributed by atoms with Crippen molar-refractivity contribution in [2.45, 2.75) is 38.6 Å². The first kappa shape index (κ1) is 12.0. The summed E-state index contributed by atoms with van der Waals surface area (Å²) in [6.07, 6.45) is 2.33. The normalized spacial score (nSPS) is 19.3. The minimum atomic E-state index is -0.817. The molecule has 0 aromatic carbocycles. The zero-order valence-corrected chi connectivity index (χ0v) is 8.95. The Hall–Kier alpha value is -1.10. The van der Waals surface area contributed by atoms with Crippen molar-refractivity contribution in [3.05, 3.63) is 0 Å².